The van der Waals surface area contributed by atoms with Crippen molar-refractivity contribution >= 4 is 34.1 Å². The van der Waals surface area contributed by atoms with Crippen LogP contribution in [0.1, 0.15) is 32.0 Å². The molecule has 0 atom stereocenters. The number of amides is 2. The van der Waals surface area contributed by atoms with E-state index in [1.807, 2.05) is 45.0 Å². The van der Waals surface area contributed by atoms with Gasteiger partial charge in [-0.1, -0.05) is 24.3 Å². The van der Waals surface area contributed by atoms with Crippen LogP contribution in [0.4, 0.5) is 11.4 Å². The van der Waals surface area contributed by atoms with Crippen LogP contribution in [0.15, 0.2) is 48.5 Å². The Balaban J connectivity index is 1.91. The molecule has 0 saturated carbocycles. The molecule has 0 saturated heterocycles. The van der Waals surface area contributed by atoms with Crippen LogP contribution < -0.4 is 10.6 Å². The molecule has 0 aliphatic carbocycles. The minimum Gasteiger partial charge on any atom is -0.358 e. The van der Waals surface area contributed by atoms with Crippen molar-refractivity contribution in [2.75, 3.05) is 10.6 Å². The average Bonchev–Trinajstić information content (AvgIpc) is 2.90. The number of anilines is 2. The Bertz CT molecular complexity index is 986. The molecule has 0 aliphatic rings. The highest BCUT2D eigenvalue weighted by Gasteiger charge is 2.34. The topological polar surface area (TPSA) is 74.0 Å². The van der Waals surface area contributed by atoms with Crippen LogP contribution in [0.3, 0.4) is 0 Å². The second-order valence-electron chi connectivity index (χ2n) is 7.01. The predicted molar refractivity (Wildman–Crippen MR) is 105 cm³/mol. The third-order valence-corrected chi connectivity index (χ3v) is 4.53. The SMILES string of the molecule is CC(=O)Nc1cccc(NC(=O)C(C)(C)c2c(C)[nH]c3ccccc23)c1. The van der Waals surface area contributed by atoms with Crippen LogP contribution in [-0.2, 0) is 15.0 Å². The summed E-state index contributed by atoms with van der Waals surface area (Å²) in [6.07, 6.45) is 0. The number of rotatable bonds is 4. The molecular weight excluding hydrogens is 326 g/mol. The maximum absolute atomic E-state index is 13.0. The number of para-hydroxylation sites is 1. The zero-order valence-corrected chi connectivity index (χ0v) is 15.4. The second kappa shape index (κ2) is 6.67. The van der Waals surface area contributed by atoms with Gasteiger partial charge >= 0.3 is 0 Å². The van der Waals surface area contributed by atoms with Crippen molar-refractivity contribution in [2.45, 2.75) is 33.1 Å². The quantitative estimate of drug-likeness (QED) is 0.655. The maximum Gasteiger partial charge on any atom is 0.234 e. The number of aryl methyl sites for hydroxylation is 1. The number of hydrogen-bond donors (Lipinski definition) is 3. The molecule has 0 radical (unpaired) electrons. The molecule has 134 valence electrons. The Morgan fingerprint density at radius 1 is 0.962 bits per heavy atom. The summed E-state index contributed by atoms with van der Waals surface area (Å²) in [6, 6.07) is 15.1. The maximum atomic E-state index is 13.0. The molecular formula is C21H23N3O2. The highest BCUT2D eigenvalue weighted by atomic mass is 16.2. The lowest BCUT2D eigenvalue weighted by atomic mass is 9.81. The van der Waals surface area contributed by atoms with Gasteiger partial charge in [0.05, 0.1) is 5.41 Å². The van der Waals surface area contributed by atoms with Crippen molar-refractivity contribution in [3.63, 3.8) is 0 Å². The first-order valence-electron chi connectivity index (χ1n) is 8.56. The zero-order chi connectivity index (χ0) is 18.9. The molecule has 0 bridgehead atoms. The minimum absolute atomic E-state index is 0.106. The van der Waals surface area contributed by atoms with Crippen molar-refractivity contribution in [3.05, 3.63) is 59.8 Å². The summed E-state index contributed by atoms with van der Waals surface area (Å²) in [5.41, 5.74) is 3.56. The van der Waals surface area contributed by atoms with E-state index in [0.717, 1.165) is 22.2 Å². The van der Waals surface area contributed by atoms with Crippen LogP contribution >= 0.6 is 0 Å². The van der Waals surface area contributed by atoms with Gasteiger partial charge in [-0.2, -0.15) is 0 Å². The van der Waals surface area contributed by atoms with Gasteiger partial charge in [-0.25, -0.2) is 0 Å². The second-order valence-corrected chi connectivity index (χ2v) is 7.01. The molecule has 2 amide bonds. The highest BCUT2D eigenvalue weighted by molar-refractivity contribution is 6.02. The van der Waals surface area contributed by atoms with Gasteiger partial charge < -0.3 is 15.6 Å². The molecule has 0 unspecified atom stereocenters. The Morgan fingerprint density at radius 2 is 1.62 bits per heavy atom. The van der Waals surface area contributed by atoms with Crippen molar-refractivity contribution in [1.29, 1.82) is 0 Å². The van der Waals surface area contributed by atoms with Gasteiger partial charge in [-0.3, -0.25) is 9.59 Å². The lowest BCUT2D eigenvalue weighted by molar-refractivity contribution is -0.120. The van der Waals surface area contributed by atoms with Gasteiger partial charge in [-0.15, -0.1) is 0 Å². The summed E-state index contributed by atoms with van der Waals surface area (Å²) in [5, 5.41) is 6.75. The molecule has 2 aromatic carbocycles. The van der Waals surface area contributed by atoms with Crippen molar-refractivity contribution < 1.29 is 9.59 Å². The fourth-order valence-corrected chi connectivity index (χ4v) is 3.36. The number of benzene rings is 2. The van der Waals surface area contributed by atoms with Crippen LogP contribution in [0, 0.1) is 6.92 Å². The van der Waals surface area contributed by atoms with E-state index in [1.54, 1.807) is 24.3 Å². The number of aromatic nitrogens is 1. The van der Waals surface area contributed by atoms with Gasteiger partial charge in [0, 0.05) is 34.9 Å². The fourth-order valence-electron chi connectivity index (χ4n) is 3.36. The molecule has 5 heteroatoms. The summed E-state index contributed by atoms with van der Waals surface area (Å²) in [6.45, 7) is 7.28. The summed E-state index contributed by atoms with van der Waals surface area (Å²) in [4.78, 5) is 27.6. The first-order valence-corrected chi connectivity index (χ1v) is 8.56. The van der Waals surface area contributed by atoms with Crippen LogP contribution in [-0.4, -0.2) is 16.8 Å². The highest BCUT2D eigenvalue weighted by Crippen LogP contribution is 2.34. The first kappa shape index (κ1) is 17.7. The predicted octanol–water partition coefficient (Wildman–Crippen LogP) is 4.35. The molecule has 1 heterocycles. The van der Waals surface area contributed by atoms with E-state index in [2.05, 4.69) is 15.6 Å². The van der Waals surface area contributed by atoms with Gasteiger partial charge in [0.2, 0.25) is 11.8 Å². The third-order valence-electron chi connectivity index (χ3n) is 4.53. The summed E-state index contributed by atoms with van der Waals surface area (Å²) in [7, 11) is 0. The molecule has 3 N–H and O–H groups in total. The molecule has 3 aromatic rings. The number of aromatic amines is 1. The smallest absolute Gasteiger partial charge is 0.234 e. The van der Waals surface area contributed by atoms with E-state index in [-0.39, 0.29) is 11.8 Å². The normalized spacial score (nSPS) is 11.4. The Kier molecular flexibility index (Phi) is 4.55. The van der Waals surface area contributed by atoms with E-state index < -0.39 is 5.41 Å². The largest absolute Gasteiger partial charge is 0.358 e. The van der Waals surface area contributed by atoms with E-state index >= 15 is 0 Å². The number of fused-ring (bicyclic) bond motifs is 1. The molecule has 0 aliphatic heterocycles. The van der Waals surface area contributed by atoms with E-state index in [1.165, 1.54) is 6.92 Å². The van der Waals surface area contributed by atoms with Crippen molar-refractivity contribution in [1.82, 2.24) is 4.98 Å². The summed E-state index contributed by atoms with van der Waals surface area (Å²) < 4.78 is 0. The Morgan fingerprint density at radius 3 is 2.31 bits per heavy atom. The first-order chi connectivity index (χ1) is 12.3. The Labute approximate surface area is 152 Å². The molecule has 26 heavy (non-hydrogen) atoms. The van der Waals surface area contributed by atoms with E-state index in [4.69, 9.17) is 0 Å². The lowest BCUT2D eigenvalue weighted by Crippen LogP contribution is -2.35. The van der Waals surface area contributed by atoms with Crippen molar-refractivity contribution in [3.8, 4) is 0 Å². The summed E-state index contributed by atoms with van der Waals surface area (Å²) in [5.74, 6) is -0.256. The van der Waals surface area contributed by atoms with E-state index in [9.17, 15) is 9.59 Å². The number of H-pyrrole nitrogens is 1. The van der Waals surface area contributed by atoms with Crippen LogP contribution in [0.25, 0.3) is 10.9 Å². The van der Waals surface area contributed by atoms with Crippen LogP contribution in [0.2, 0.25) is 0 Å². The standard InChI is InChI=1S/C21H23N3O2/c1-13-19(17-10-5-6-11-18(17)22-13)21(3,4)20(26)24-16-9-7-8-15(12-16)23-14(2)25/h5-12,22H,1-4H3,(H,23,25)(H,24,26). The Hall–Kier alpha value is -3.08. The molecule has 1 aromatic heterocycles. The number of nitrogens with one attached hydrogen (secondary N) is 3. The monoisotopic (exact) mass is 349 g/mol. The van der Waals surface area contributed by atoms with Gasteiger partial charge in [0.25, 0.3) is 0 Å². The minimum atomic E-state index is -0.728. The zero-order valence-electron chi connectivity index (χ0n) is 15.4. The molecule has 3 rings (SSSR count). The fraction of sp³-hybridized carbons (Fsp3) is 0.238. The lowest BCUT2D eigenvalue weighted by Gasteiger charge is -2.25. The van der Waals surface area contributed by atoms with Crippen LogP contribution in [0.5, 0.6) is 0 Å². The third kappa shape index (κ3) is 3.33. The number of hydrogen-bond acceptors (Lipinski definition) is 2. The van der Waals surface area contributed by atoms with E-state index in [0.29, 0.717) is 11.4 Å². The average molecular weight is 349 g/mol. The van der Waals surface area contributed by atoms with Gasteiger partial charge in [0.15, 0.2) is 0 Å². The molecule has 0 spiro atoms. The van der Waals surface area contributed by atoms with Gasteiger partial charge in [0.1, 0.15) is 0 Å². The number of carbonyl (C=O) groups is 2. The summed E-state index contributed by atoms with van der Waals surface area (Å²) >= 11 is 0. The molecule has 5 nitrogen and oxygen atoms in total. The van der Waals surface area contributed by atoms with Crippen molar-refractivity contribution in [2.24, 2.45) is 0 Å². The van der Waals surface area contributed by atoms with Gasteiger partial charge in [-0.05, 0) is 50.6 Å². The number of carbonyl (C=O) groups excluding carboxylic acids is 2. The molecule has 0 fully saturated rings.